The Bertz CT molecular complexity index is 1390. The van der Waals surface area contributed by atoms with Crippen molar-refractivity contribution in [1.29, 1.82) is 0 Å². The number of fused-ring (bicyclic) bond motifs is 1. The van der Waals surface area contributed by atoms with E-state index in [0.29, 0.717) is 42.5 Å². The van der Waals surface area contributed by atoms with Crippen LogP contribution in [0.3, 0.4) is 0 Å². The van der Waals surface area contributed by atoms with Crippen molar-refractivity contribution in [2.45, 2.75) is 44.6 Å². The van der Waals surface area contributed by atoms with E-state index < -0.39 is 0 Å². The van der Waals surface area contributed by atoms with Crippen LogP contribution in [0.1, 0.15) is 55.0 Å². The van der Waals surface area contributed by atoms with Crippen molar-refractivity contribution in [2.75, 3.05) is 13.1 Å². The second-order valence-electron chi connectivity index (χ2n) is 8.97. The lowest BCUT2D eigenvalue weighted by atomic mass is 9.91. The van der Waals surface area contributed by atoms with Gasteiger partial charge in [0.2, 0.25) is 5.91 Å². The molecule has 1 atom stereocenters. The van der Waals surface area contributed by atoms with Crippen LogP contribution in [-0.4, -0.2) is 48.9 Å². The number of piperidine rings is 1. The number of aromatic amines is 1. The van der Waals surface area contributed by atoms with Gasteiger partial charge in [0.05, 0.1) is 12.5 Å². The summed E-state index contributed by atoms with van der Waals surface area (Å²) in [5.41, 5.74) is 2.44. The monoisotopic (exact) mass is 490 g/mol. The summed E-state index contributed by atoms with van der Waals surface area (Å²) >= 11 is 6.15. The van der Waals surface area contributed by atoms with E-state index in [4.69, 9.17) is 16.6 Å². The van der Waals surface area contributed by atoms with E-state index >= 15 is 0 Å². The number of rotatable bonds is 6. The molecular formula is C26H27ClN6O2. The lowest BCUT2D eigenvalue weighted by molar-refractivity contribution is -0.134. The van der Waals surface area contributed by atoms with Crippen LogP contribution in [0.2, 0.25) is 5.02 Å². The molecule has 0 spiro atoms. The summed E-state index contributed by atoms with van der Waals surface area (Å²) in [6.45, 7) is 3.74. The zero-order valence-corrected chi connectivity index (χ0v) is 20.3. The Morgan fingerprint density at radius 3 is 2.63 bits per heavy atom. The highest BCUT2D eigenvalue weighted by molar-refractivity contribution is 6.30. The molecule has 180 valence electrons. The van der Waals surface area contributed by atoms with Crippen LogP contribution in [0.5, 0.6) is 0 Å². The molecule has 0 aliphatic carbocycles. The van der Waals surface area contributed by atoms with Gasteiger partial charge in [-0.3, -0.25) is 9.59 Å². The molecule has 1 amide bonds. The molecular weight excluding hydrogens is 464 g/mol. The molecule has 2 aromatic heterocycles. The molecule has 3 heterocycles. The number of halogens is 1. The number of likely N-dealkylation sites (tertiary alicyclic amines) is 1. The molecule has 0 bridgehead atoms. The third-order valence-corrected chi connectivity index (χ3v) is 6.95. The molecule has 1 aliphatic rings. The fourth-order valence-electron chi connectivity index (χ4n) is 4.81. The zero-order chi connectivity index (χ0) is 24.4. The summed E-state index contributed by atoms with van der Waals surface area (Å²) in [5.74, 6) is 0.601. The van der Waals surface area contributed by atoms with Gasteiger partial charge in [0.15, 0.2) is 11.2 Å². The predicted molar refractivity (Wildman–Crippen MR) is 135 cm³/mol. The van der Waals surface area contributed by atoms with Gasteiger partial charge in [-0.05, 0) is 42.5 Å². The molecule has 1 N–H and O–H groups in total. The van der Waals surface area contributed by atoms with Gasteiger partial charge >= 0.3 is 0 Å². The quantitative estimate of drug-likeness (QED) is 0.438. The lowest BCUT2D eigenvalue weighted by Crippen LogP contribution is -2.41. The Labute approximate surface area is 207 Å². The number of aromatic nitrogens is 5. The SMILES string of the molecule is CCC(C(=O)N1CCC(c2nc3c(nnn3Cc3ccccc3)c(=O)[nH]2)CC1)c1cccc(Cl)c1. The molecule has 9 heteroatoms. The minimum atomic E-state index is -0.283. The Kier molecular flexibility index (Phi) is 6.63. The summed E-state index contributed by atoms with van der Waals surface area (Å²) < 4.78 is 1.67. The molecule has 8 nitrogen and oxygen atoms in total. The zero-order valence-electron chi connectivity index (χ0n) is 19.5. The number of hydrogen-bond donors (Lipinski definition) is 1. The first-order valence-corrected chi connectivity index (χ1v) is 12.3. The fraction of sp³-hybridized carbons (Fsp3) is 0.346. The van der Waals surface area contributed by atoms with E-state index in [1.165, 1.54) is 0 Å². The van der Waals surface area contributed by atoms with Gasteiger partial charge in [-0.15, -0.1) is 5.10 Å². The second kappa shape index (κ2) is 10.00. The first-order valence-electron chi connectivity index (χ1n) is 11.9. The van der Waals surface area contributed by atoms with E-state index in [1.54, 1.807) is 4.68 Å². The molecule has 1 fully saturated rings. The number of hydrogen-bond acceptors (Lipinski definition) is 5. The van der Waals surface area contributed by atoms with Crippen molar-refractivity contribution in [1.82, 2.24) is 29.9 Å². The fourth-order valence-corrected chi connectivity index (χ4v) is 5.01. The largest absolute Gasteiger partial charge is 0.342 e. The molecule has 1 unspecified atom stereocenters. The van der Waals surface area contributed by atoms with E-state index in [2.05, 4.69) is 15.3 Å². The summed E-state index contributed by atoms with van der Waals surface area (Å²) in [4.78, 5) is 35.6. The standard InChI is InChI=1S/C26H27ClN6O2/c1-2-21(19-9-6-10-20(27)15-19)26(35)32-13-11-18(12-14-32)23-28-24-22(25(34)29-23)30-31-33(24)16-17-7-4-3-5-8-17/h3-10,15,18,21H,2,11-14,16H2,1H3,(H,28,29,34). The highest BCUT2D eigenvalue weighted by Gasteiger charge is 2.30. The van der Waals surface area contributed by atoms with Crippen molar-refractivity contribution < 1.29 is 4.79 Å². The molecule has 4 aromatic rings. The molecule has 1 saturated heterocycles. The molecule has 1 aliphatic heterocycles. The number of benzene rings is 2. The number of H-pyrrole nitrogens is 1. The van der Waals surface area contributed by atoms with Crippen molar-refractivity contribution in [3.8, 4) is 0 Å². The Morgan fingerprint density at radius 1 is 1.14 bits per heavy atom. The minimum absolute atomic E-state index is 0.0578. The van der Waals surface area contributed by atoms with Gasteiger partial charge in [0.25, 0.3) is 5.56 Å². The summed E-state index contributed by atoms with van der Waals surface area (Å²) in [7, 11) is 0. The van der Waals surface area contributed by atoms with Gasteiger partial charge in [-0.1, -0.05) is 66.2 Å². The minimum Gasteiger partial charge on any atom is -0.342 e. The van der Waals surface area contributed by atoms with Crippen molar-refractivity contribution in [2.24, 2.45) is 0 Å². The first kappa shape index (κ1) is 23.2. The van der Waals surface area contributed by atoms with Crippen molar-refractivity contribution in [3.05, 3.63) is 86.9 Å². The summed E-state index contributed by atoms with van der Waals surface area (Å²) in [6.07, 6.45) is 2.17. The Morgan fingerprint density at radius 2 is 1.91 bits per heavy atom. The van der Waals surface area contributed by atoms with Gasteiger partial charge in [0, 0.05) is 24.0 Å². The summed E-state index contributed by atoms with van der Waals surface area (Å²) in [6, 6.07) is 17.4. The van der Waals surface area contributed by atoms with Crippen molar-refractivity contribution in [3.63, 3.8) is 0 Å². The third-order valence-electron chi connectivity index (χ3n) is 6.72. The number of amides is 1. The normalized spacial score (nSPS) is 15.4. The number of nitrogens with zero attached hydrogens (tertiary/aromatic N) is 5. The van der Waals surface area contributed by atoms with Crippen LogP contribution in [0, 0.1) is 0 Å². The summed E-state index contributed by atoms with van der Waals surface area (Å²) in [5, 5.41) is 8.84. The molecule has 0 saturated carbocycles. The second-order valence-corrected chi connectivity index (χ2v) is 9.41. The molecule has 0 radical (unpaired) electrons. The molecule has 2 aromatic carbocycles. The van der Waals surface area contributed by atoms with E-state index in [-0.39, 0.29) is 28.8 Å². The smallest absolute Gasteiger partial charge is 0.281 e. The van der Waals surface area contributed by atoms with Crippen LogP contribution < -0.4 is 5.56 Å². The number of carbonyl (C=O) groups is 1. The Hall–Kier alpha value is -3.52. The topological polar surface area (TPSA) is 96.8 Å². The van der Waals surface area contributed by atoms with Gasteiger partial charge < -0.3 is 9.88 Å². The van der Waals surface area contributed by atoms with Crippen LogP contribution in [-0.2, 0) is 11.3 Å². The number of nitrogens with one attached hydrogen (secondary N) is 1. The van der Waals surface area contributed by atoms with E-state index in [1.807, 2.05) is 66.4 Å². The molecule has 5 rings (SSSR count). The Balaban J connectivity index is 1.32. The first-order chi connectivity index (χ1) is 17.0. The van der Waals surface area contributed by atoms with Crippen LogP contribution in [0.15, 0.2) is 59.4 Å². The molecule has 35 heavy (non-hydrogen) atoms. The van der Waals surface area contributed by atoms with Crippen LogP contribution >= 0.6 is 11.6 Å². The van der Waals surface area contributed by atoms with Gasteiger partial charge in [-0.2, -0.15) is 0 Å². The van der Waals surface area contributed by atoms with Crippen LogP contribution in [0.25, 0.3) is 11.2 Å². The maximum Gasteiger partial charge on any atom is 0.281 e. The average molecular weight is 491 g/mol. The van der Waals surface area contributed by atoms with Gasteiger partial charge in [-0.25, -0.2) is 9.67 Å². The number of carbonyl (C=O) groups excluding carboxylic acids is 1. The maximum atomic E-state index is 13.3. The maximum absolute atomic E-state index is 13.3. The predicted octanol–water partition coefficient (Wildman–Crippen LogP) is 4.12. The van der Waals surface area contributed by atoms with Crippen molar-refractivity contribution >= 4 is 28.7 Å². The van der Waals surface area contributed by atoms with E-state index in [0.717, 1.165) is 24.0 Å². The highest BCUT2D eigenvalue weighted by Crippen LogP contribution is 2.30. The van der Waals surface area contributed by atoms with Crippen LogP contribution in [0.4, 0.5) is 0 Å². The van der Waals surface area contributed by atoms with Gasteiger partial charge in [0.1, 0.15) is 5.82 Å². The highest BCUT2D eigenvalue weighted by atomic mass is 35.5. The average Bonchev–Trinajstić information content (AvgIpc) is 3.28. The van der Waals surface area contributed by atoms with E-state index in [9.17, 15) is 9.59 Å². The third kappa shape index (κ3) is 4.84. The lowest BCUT2D eigenvalue weighted by Gasteiger charge is -2.34.